The average Bonchev–Trinajstić information content (AvgIpc) is 3.25. The van der Waals surface area contributed by atoms with E-state index in [2.05, 4.69) is 26.9 Å². The summed E-state index contributed by atoms with van der Waals surface area (Å²) in [7, 11) is 2.07. The Hall–Kier alpha value is -2.05. The van der Waals surface area contributed by atoms with Crippen LogP contribution in [0.5, 0.6) is 0 Å². The smallest absolute Gasteiger partial charge is 0.123 e. The number of aryl methyl sites for hydroxylation is 1. The molecule has 3 heterocycles. The van der Waals surface area contributed by atoms with E-state index in [4.69, 9.17) is 4.98 Å². The molecule has 6 heteroatoms. The van der Waals surface area contributed by atoms with E-state index in [1.807, 2.05) is 12.4 Å². The van der Waals surface area contributed by atoms with Crippen LogP contribution >= 0.6 is 11.3 Å². The Morgan fingerprint density at radius 1 is 1.28 bits per heavy atom. The number of halogens is 1. The third-order valence-electron chi connectivity index (χ3n) is 4.78. The highest BCUT2D eigenvalue weighted by atomic mass is 32.1. The first-order valence-corrected chi connectivity index (χ1v) is 9.47. The monoisotopic (exact) mass is 356 g/mol. The summed E-state index contributed by atoms with van der Waals surface area (Å²) >= 11 is 1.68. The Bertz CT molecular complexity index is 839. The maximum Gasteiger partial charge on any atom is 0.123 e. The van der Waals surface area contributed by atoms with Crippen molar-refractivity contribution >= 4 is 11.3 Å². The molecule has 1 atom stereocenters. The minimum atomic E-state index is -0.215. The molecule has 4 nitrogen and oxygen atoms in total. The number of hydrogen-bond donors (Lipinski definition) is 0. The largest absolute Gasteiger partial charge is 0.338 e. The maximum absolute atomic E-state index is 13.1. The van der Waals surface area contributed by atoms with Gasteiger partial charge in [0.15, 0.2) is 0 Å². The number of aromatic nitrogens is 3. The van der Waals surface area contributed by atoms with Crippen LogP contribution in [0.1, 0.15) is 29.6 Å². The van der Waals surface area contributed by atoms with E-state index in [1.54, 1.807) is 23.5 Å². The summed E-state index contributed by atoms with van der Waals surface area (Å²) in [5, 5.41) is 3.17. The van der Waals surface area contributed by atoms with Crippen LogP contribution in [0.4, 0.5) is 4.39 Å². The first kappa shape index (κ1) is 16.4. The molecule has 0 N–H and O–H groups in total. The number of nitrogens with zero attached hydrogens (tertiary/aromatic N) is 4. The lowest BCUT2D eigenvalue weighted by Gasteiger charge is -2.31. The fraction of sp³-hybridized carbons (Fsp3) is 0.368. The van der Waals surface area contributed by atoms with Gasteiger partial charge in [-0.25, -0.2) is 14.4 Å². The molecule has 0 aliphatic carbocycles. The molecule has 1 aliphatic rings. The molecule has 2 aromatic heterocycles. The van der Waals surface area contributed by atoms with Gasteiger partial charge in [-0.3, -0.25) is 4.90 Å². The number of imidazole rings is 1. The van der Waals surface area contributed by atoms with Crippen LogP contribution in [-0.4, -0.2) is 32.5 Å². The van der Waals surface area contributed by atoms with Gasteiger partial charge in [0.2, 0.25) is 0 Å². The average molecular weight is 356 g/mol. The molecule has 0 radical (unpaired) electrons. The van der Waals surface area contributed by atoms with Crippen molar-refractivity contribution in [2.24, 2.45) is 7.05 Å². The normalized spacial score (nSPS) is 18.6. The van der Waals surface area contributed by atoms with Crippen molar-refractivity contribution in [1.82, 2.24) is 19.4 Å². The minimum Gasteiger partial charge on any atom is -0.338 e. The molecule has 0 amide bonds. The quantitative estimate of drug-likeness (QED) is 0.707. The molecule has 1 aromatic carbocycles. The molecule has 4 rings (SSSR count). The van der Waals surface area contributed by atoms with Crippen LogP contribution in [0, 0.1) is 5.82 Å². The van der Waals surface area contributed by atoms with E-state index in [0.717, 1.165) is 35.9 Å². The minimum absolute atomic E-state index is 0.215. The number of likely N-dealkylation sites (tertiary alicyclic amines) is 1. The molecular formula is C19H21FN4S. The molecule has 1 saturated heterocycles. The lowest BCUT2D eigenvalue weighted by atomic mass is 9.97. The Kier molecular flexibility index (Phi) is 4.63. The summed E-state index contributed by atoms with van der Waals surface area (Å²) in [5.41, 5.74) is 1.89. The lowest BCUT2D eigenvalue weighted by Crippen LogP contribution is -2.34. The Morgan fingerprint density at radius 3 is 2.88 bits per heavy atom. The molecule has 130 valence electrons. The summed E-state index contributed by atoms with van der Waals surface area (Å²) in [6.07, 6.45) is 6.28. The van der Waals surface area contributed by atoms with Crippen LogP contribution in [0.2, 0.25) is 0 Å². The van der Waals surface area contributed by atoms with Crippen molar-refractivity contribution in [2.75, 3.05) is 13.1 Å². The van der Waals surface area contributed by atoms with Crippen LogP contribution in [0.15, 0.2) is 42.0 Å². The second-order valence-corrected chi connectivity index (χ2v) is 7.55. The van der Waals surface area contributed by atoms with Crippen molar-refractivity contribution in [3.63, 3.8) is 0 Å². The van der Waals surface area contributed by atoms with E-state index >= 15 is 0 Å². The SMILES string of the molecule is Cn1ccnc1[C@@H]1CCCN(Cc2nc(-c3ccc(F)cc3)cs2)C1. The molecule has 0 spiro atoms. The zero-order valence-electron chi connectivity index (χ0n) is 14.2. The lowest BCUT2D eigenvalue weighted by molar-refractivity contribution is 0.195. The van der Waals surface area contributed by atoms with Gasteiger partial charge in [0.05, 0.1) is 12.2 Å². The van der Waals surface area contributed by atoms with Crippen molar-refractivity contribution in [3.8, 4) is 11.3 Å². The van der Waals surface area contributed by atoms with Gasteiger partial charge in [-0.05, 0) is 43.7 Å². The zero-order valence-corrected chi connectivity index (χ0v) is 15.0. The van der Waals surface area contributed by atoms with Crippen molar-refractivity contribution in [3.05, 3.63) is 58.7 Å². The first-order valence-electron chi connectivity index (χ1n) is 8.59. The number of benzene rings is 1. The van der Waals surface area contributed by atoms with E-state index in [-0.39, 0.29) is 5.82 Å². The van der Waals surface area contributed by atoms with Crippen molar-refractivity contribution in [2.45, 2.75) is 25.3 Å². The van der Waals surface area contributed by atoms with Gasteiger partial charge in [0, 0.05) is 42.8 Å². The van der Waals surface area contributed by atoms with Crippen LogP contribution in [0.25, 0.3) is 11.3 Å². The number of hydrogen-bond acceptors (Lipinski definition) is 4. The van der Waals surface area contributed by atoms with Gasteiger partial charge in [0.1, 0.15) is 16.6 Å². The topological polar surface area (TPSA) is 34.0 Å². The van der Waals surface area contributed by atoms with Gasteiger partial charge in [0.25, 0.3) is 0 Å². The summed E-state index contributed by atoms with van der Waals surface area (Å²) < 4.78 is 15.2. The summed E-state index contributed by atoms with van der Waals surface area (Å²) in [5.74, 6) is 1.45. The first-order chi connectivity index (χ1) is 12.2. The third-order valence-corrected chi connectivity index (χ3v) is 5.61. The van der Waals surface area contributed by atoms with E-state index in [1.165, 1.54) is 30.8 Å². The zero-order chi connectivity index (χ0) is 17.2. The number of piperidine rings is 1. The maximum atomic E-state index is 13.1. The summed E-state index contributed by atoms with van der Waals surface area (Å²) in [6.45, 7) is 3.00. The highest BCUT2D eigenvalue weighted by molar-refractivity contribution is 7.09. The Morgan fingerprint density at radius 2 is 2.12 bits per heavy atom. The fourth-order valence-electron chi connectivity index (χ4n) is 3.51. The molecule has 0 bridgehead atoms. The highest BCUT2D eigenvalue weighted by Crippen LogP contribution is 2.28. The summed E-state index contributed by atoms with van der Waals surface area (Å²) in [4.78, 5) is 11.7. The molecule has 25 heavy (non-hydrogen) atoms. The molecule has 1 fully saturated rings. The molecule has 1 aliphatic heterocycles. The standard InChI is InChI=1S/C19H21FN4S/c1-23-10-8-21-19(23)15-3-2-9-24(11-15)12-18-22-17(13-25-18)14-4-6-16(20)7-5-14/h4-8,10,13,15H,2-3,9,11-12H2,1H3/t15-/m1/s1. The highest BCUT2D eigenvalue weighted by Gasteiger charge is 2.24. The van der Waals surface area contributed by atoms with Gasteiger partial charge < -0.3 is 4.57 Å². The fourth-order valence-corrected chi connectivity index (χ4v) is 4.35. The number of rotatable bonds is 4. The van der Waals surface area contributed by atoms with E-state index in [9.17, 15) is 4.39 Å². The predicted octanol–water partition coefficient (Wildman–Crippen LogP) is 4.06. The van der Waals surface area contributed by atoms with Crippen molar-refractivity contribution in [1.29, 1.82) is 0 Å². The second-order valence-electron chi connectivity index (χ2n) is 6.60. The van der Waals surface area contributed by atoms with Gasteiger partial charge in [-0.2, -0.15) is 0 Å². The van der Waals surface area contributed by atoms with Crippen LogP contribution in [0.3, 0.4) is 0 Å². The number of thiazole rings is 1. The van der Waals surface area contributed by atoms with Crippen molar-refractivity contribution < 1.29 is 4.39 Å². The Balaban J connectivity index is 1.44. The molecule has 0 saturated carbocycles. The van der Waals surface area contributed by atoms with Crippen LogP contribution < -0.4 is 0 Å². The van der Waals surface area contributed by atoms with E-state index < -0.39 is 0 Å². The Labute approximate surface area is 151 Å². The molecule has 0 unspecified atom stereocenters. The third kappa shape index (κ3) is 3.65. The van der Waals surface area contributed by atoms with Gasteiger partial charge >= 0.3 is 0 Å². The molecular weight excluding hydrogens is 335 g/mol. The van der Waals surface area contributed by atoms with Gasteiger partial charge in [-0.15, -0.1) is 11.3 Å². The van der Waals surface area contributed by atoms with Gasteiger partial charge in [-0.1, -0.05) is 0 Å². The molecule has 3 aromatic rings. The van der Waals surface area contributed by atoms with Crippen LogP contribution in [-0.2, 0) is 13.6 Å². The summed E-state index contributed by atoms with van der Waals surface area (Å²) in [6, 6.07) is 6.53. The second kappa shape index (κ2) is 7.06. The predicted molar refractivity (Wildman–Crippen MR) is 98.0 cm³/mol. The van der Waals surface area contributed by atoms with E-state index in [0.29, 0.717) is 5.92 Å².